The van der Waals surface area contributed by atoms with Crippen molar-refractivity contribution in [1.82, 2.24) is 45.0 Å². The third-order valence-electron chi connectivity index (χ3n) is 12.5. The molecule has 3 N–H and O–H groups in total. The zero-order valence-electron chi connectivity index (χ0n) is 36.9. The number of carbonyl (C=O) groups is 4. The van der Waals surface area contributed by atoms with Crippen LogP contribution in [0.1, 0.15) is 80.6 Å². The number of fused-ring (bicyclic) bond motifs is 2. The van der Waals surface area contributed by atoms with Gasteiger partial charge in [0.1, 0.15) is 18.6 Å². The van der Waals surface area contributed by atoms with Gasteiger partial charge in [-0.05, 0) is 59.6 Å². The van der Waals surface area contributed by atoms with Crippen molar-refractivity contribution in [2.45, 2.75) is 105 Å². The normalized spacial score (nSPS) is 17.9. The second-order valence-corrected chi connectivity index (χ2v) is 18.9. The van der Waals surface area contributed by atoms with E-state index in [0.29, 0.717) is 55.1 Å². The van der Waals surface area contributed by atoms with Gasteiger partial charge >= 0.3 is 0 Å². The molecular formula is C46H54F2N10O5S. The first-order chi connectivity index (χ1) is 30.5. The zero-order chi connectivity index (χ0) is 45.6. The number of hydrogen-bond acceptors (Lipinski definition) is 10. The van der Waals surface area contributed by atoms with Crippen LogP contribution in [0.15, 0.2) is 54.3 Å². The van der Waals surface area contributed by atoms with E-state index in [-0.39, 0.29) is 37.5 Å². The number of aliphatic hydroxyl groups excluding tert-OH is 1. The molecule has 0 saturated carbocycles. The predicted molar refractivity (Wildman–Crippen MR) is 238 cm³/mol. The summed E-state index contributed by atoms with van der Waals surface area (Å²) in [6.07, 6.45) is 1.38. The van der Waals surface area contributed by atoms with Crippen molar-refractivity contribution in [3.8, 4) is 21.6 Å². The minimum atomic E-state index is -2.82. The van der Waals surface area contributed by atoms with E-state index in [0.717, 1.165) is 44.9 Å². The van der Waals surface area contributed by atoms with Crippen LogP contribution >= 0.6 is 11.3 Å². The lowest BCUT2D eigenvalue weighted by atomic mass is 9.85. The highest BCUT2D eigenvalue weighted by atomic mass is 32.1. The quantitative estimate of drug-likeness (QED) is 0.156. The van der Waals surface area contributed by atoms with Crippen LogP contribution in [0.4, 0.5) is 20.3 Å². The van der Waals surface area contributed by atoms with Crippen LogP contribution in [0.3, 0.4) is 0 Å². The summed E-state index contributed by atoms with van der Waals surface area (Å²) in [7, 11) is 1.87. The van der Waals surface area contributed by atoms with Crippen LogP contribution in [-0.2, 0) is 58.7 Å². The number of carbonyl (C=O) groups excluding carboxylic acids is 4. The van der Waals surface area contributed by atoms with Gasteiger partial charge in [-0.25, -0.2) is 13.8 Å². The second kappa shape index (κ2) is 17.9. The van der Waals surface area contributed by atoms with E-state index in [1.165, 1.54) is 21.8 Å². The van der Waals surface area contributed by atoms with Crippen LogP contribution < -0.4 is 15.5 Å². The SMILES string of the molecule is CC(=O)N1CCc2c(c(N3CCCc4cc(-c5cnn(CC(=O)N[C@H](C(=O)N6C[C@H](O)C[C@H]6C(=O)NCc6ccc(-c7scnc7C)cc6)C(C)(C)C)c5)c(C(F)F)cc43)nn2C)C1. The maximum atomic E-state index is 14.9. The molecule has 1 saturated heterocycles. The molecule has 8 rings (SSSR count). The number of halogens is 2. The number of aliphatic hydroxyl groups is 1. The van der Waals surface area contributed by atoms with Crippen LogP contribution in [-0.4, -0.2) is 101 Å². The molecule has 3 aromatic heterocycles. The molecule has 5 aromatic rings. The molecule has 0 unspecified atom stereocenters. The number of thiazole rings is 1. The molecule has 0 bridgehead atoms. The summed E-state index contributed by atoms with van der Waals surface area (Å²) in [4.78, 5) is 64.2. The summed E-state index contributed by atoms with van der Waals surface area (Å²) in [5.41, 5.74) is 7.84. The number of rotatable bonds is 11. The predicted octanol–water partition coefficient (Wildman–Crippen LogP) is 5.45. The molecule has 0 radical (unpaired) electrons. The molecule has 18 heteroatoms. The Labute approximate surface area is 374 Å². The van der Waals surface area contributed by atoms with Gasteiger partial charge in [-0.1, -0.05) is 45.0 Å². The third-order valence-corrected chi connectivity index (χ3v) is 13.5. The highest BCUT2D eigenvalue weighted by molar-refractivity contribution is 7.13. The second-order valence-electron chi connectivity index (χ2n) is 18.1. The molecule has 64 heavy (non-hydrogen) atoms. The lowest BCUT2D eigenvalue weighted by Gasteiger charge is -2.35. The van der Waals surface area contributed by atoms with Crippen molar-refractivity contribution >= 4 is 46.5 Å². The first-order valence-electron chi connectivity index (χ1n) is 21.6. The van der Waals surface area contributed by atoms with Crippen molar-refractivity contribution in [3.05, 3.63) is 87.9 Å². The van der Waals surface area contributed by atoms with E-state index in [2.05, 4.69) is 20.7 Å². The van der Waals surface area contributed by atoms with Gasteiger partial charge in [-0.3, -0.25) is 28.5 Å². The smallest absolute Gasteiger partial charge is 0.264 e. The van der Waals surface area contributed by atoms with E-state index in [4.69, 9.17) is 5.10 Å². The minimum Gasteiger partial charge on any atom is -0.391 e. The van der Waals surface area contributed by atoms with Crippen LogP contribution in [0.5, 0.6) is 0 Å². The Morgan fingerprint density at radius 1 is 1.05 bits per heavy atom. The Morgan fingerprint density at radius 2 is 1.81 bits per heavy atom. The fraction of sp³-hybridized carbons (Fsp3) is 0.457. The first kappa shape index (κ1) is 44.6. The number of aromatic nitrogens is 5. The van der Waals surface area contributed by atoms with E-state index in [1.54, 1.807) is 61.7 Å². The molecule has 0 aliphatic carbocycles. The number of β-amino-alcohol motifs (C(OH)–C–C–N with tert-alkyl or cyclic N) is 1. The summed E-state index contributed by atoms with van der Waals surface area (Å²) in [6, 6.07) is 9.08. The highest BCUT2D eigenvalue weighted by Gasteiger charge is 2.44. The van der Waals surface area contributed by atoms with Gasteiger partial charge in [0.15, 0.2) is 5.82 Å². The standard InChI is InChI=1S/C46H54F2N10O5S/c1-26-40(64-25-50-26)29-11-9-28(10-12-29)19-49-44(62)38-17-32(60)22-58(38)45(63)41(46(3,4)5)52-39(61)24-56-21-31(20-51-56)33-16-30-8-7-14-57(37(30)18-34(33)42(47)48)43-35-23-55(27(2)59)15-13-36(35)54(6)53-43/h9-12,16,18,20-21,25,32,38,41-42,60H,7-8,13-15,17,19,22-24H2,1-6H3,(H,49,62)(H,52,61)/t32-,38+,41-/m1/s1. The van der Waals surface area contributed by atoms with Gasteiger partial charge in [-0.15, -0.1) is 11.3 Å². The number of anilines is 2. The Hall–Kier alpha value is -6.01. The fourth-order valence-corrected chi connectivity index (χ4v) is 9.89. The fourth-order valence-electron chi connectivity index (χ4n) is 9.08. The summed E-state index contributed by atoms with van der Waals surface area (Å²) >= 11 is 1.56. The molecule has 0 spiro atoms. The van der Waals surface area contributed by atoms with E-state index in [9.17, 15) is 33.1 Å². The van der Waals surface area contributed by atoms with Crippen LogP contribution in [0.25, 0.3) is 21.6 Å². The maximum absolute atomic E-state index is 14.9. The van der Waals surface area contributed by atoms with Gasteiger partial charge in [0.2, 0.25) is 23.6 Å². The molecule has 3 aliphatic heterocycles. The van der Waals surface area contributed by atoms with Crippen molar-refractivity contribution in [2.24, 2.45) is 12.5 Å². The maximum Gasteiger partial charge on any atom is 0.264 e. The van der Waals surface area contributed by atoms with E-state index in [1.807, 2.05) is 47.8 Å². The molecule has 3 aliphatic rings. The number of nitrogens with zero attached hydrogens (tertiary/aromatic N) is 8. The molecule has 338 valence electrons. The Balaban J connectivity index is 0.951. The number of likely N-dealkylation sites (tertiary alicyclic amines) is 1. The number of amides is 4. The number of hydrogen-bond donors (Lipinski definition) is 3. The topological polar surface area (TPSA) is 171 Å². The van der Waals surface area contributed by atoms with E-state index >= 15 is 0 Å². The molecule has 2 aromatic carbocycles. The van der Waals surface area contributed by atoms with Gasteiger partial charge in [0.05, 0.1) is 34.9 Å². The molecular weight excluding hydrogens is 843 g/mol. The third kappa shape index (κ3) is 9.02. The van der Waals surface area contributed by atoms with Crippen molar-refractivity contribution in [3.63, 3.8) is 0 Å². The van der Waals surface area contributed by atoms with Crippen molar-refractivity contribution in [2.75, 3.05) is 24.5 Å². The Bertz CT molecular complexity index is 2580. The number of nitrogens with one attached hydrogen (secondary N) is 2. The Morgan fingerprint density at radius 3 is 2.50 bits per heavy atom. The van der Waals surface area contributed by atoms with Crippen LogP contribution in [0.2, 0.25) is 0 Å². The van der Waals surface area contributed by atoms with Gasteiger partial charge in [0.25, 0.3) is 6.43 Å². The number of alkyl halides is 2. The number of aryl methyl sites for hydroxylation is 3. The lowest BCUT2D eigenvalue weighted by Crippen LogP contribution is -2.58. The van der Waals surface area contributed by atoms with Gasteiger partial charge < -0.3 is 30.4 Å². The average molecular weight is 897 g/mol. The molecule has 1 fully saturated rings. The Kier molecular flexibility index (Phi) is 12.5. The minimum absolute atomic E-state index is 0.0281. The first-order valence-corrected chi connectivity index (χ1v) is 22.4. The van der Waals surface area contributed by atoms with Gasteiger partial charge in [0, 0.05) is 87.3 Å². The summed E-state index contributed by atoms with van der Waals surface area (Å²) in [6.45, 7) is 10.3. The molecule has 15 nitrogen and oxygen atoms in total. The number of benzene rings is 2. The summed E-state index contributed by atoms with van der Waals surface area (Å²) in [5.74, 6) is -0.819. The van der Waals surface area contributed by atoms with Crippen molar-refractivity contribution < 1.29 is 33.1 Å². The van der Waals surface area contributed by atoms with Crippen LogP contribution in [0, 0.1) is 12.3 Å². The van der Waals surface area contributed by atoms with E-state index < -0.39 is 47.7 Å². The monoisotopic (exact) mass is 896 g/mol. The summed E-state index contributed by atoms with van der Waals surface area (Å²) in [5, 5.41) is 25.6. The summed E-state index contributed by atoms with van der Waals surface area (Å²) < 4.78 is 33.1. The van der Waals surface area contributed by atoms with Gasteiger partial charge in [-0.2, -0.15) is 10.2 Å². The zero-order valence-corrected chi connectivity index (χ0v) is 37.7. The lowest BCUT2D eigenvalue weighted by molar-refractivity contribution is -0.144. The average Bonchev–Trinajstić information content (AvgIpc) is 4.07. The highest BCUT2D eigenvalue weighted by Crippen LogP contribution is 2.43. The molecule has 3 atom stereocenters. The molecule has 4 amide bonds. The van der Waals surface area contributed by atoms with Crippen molar-refractivity contribution in [1.29, 1.82) is 0 Å². The molecule has 6 heterocycles. The largest absolute Gasteiger partial charge is 0.391 e.